The van der Waals surface area contributed by atoms with Crippen molar-refractivity contribution in [1.82, 2.24) is 24.0 Å². The third-order valence-electron chi connectivity index (χ3n) is 8.88. The van der Waals surface area contributed by atoms with Crippen molar-refractivity contribution >= 4 is 28.0 Å². The van der Waals surface area contributed by atoms with Gasteiger partial charge in [-0.2, -0.15) is 8.78 Å². The SMILES string of the molecule is COc1cc(C(=O)N2C[C@H]3CC[C@@H]2[C@@H]3N)cc2nc(-c3cc4ccc(C(C)(F)F)nc4n3CC3CC3)n(C)c12. The number of halogens is 2. The first-order chi connectivity index (χ1) is 18.6. The van der Waals surface area contributed by atoms with Gasteiger partial charge in [0.1, 0.15) is 22.6 Å². The number of hydrogen-bond acceptors (Lipinski definition) is 5. The summed E-state index contributed by atoms with van der Waals surface area (Å²) in [7, 11) is 3.50. The topological polar surface area (TPSA) is 91.2 Å². The van der Waals surface area contributed by atoms with E-state index in [0.717, 1.165) is 49.2 Å². The van der Waals surface area contributed by atoms with Crippen LogP contribution >= 0.6 is 0 Å². The Labute approximate surface area is 224 Å². The minimum absolute atomic E-state index is 0.0381. The van der Waals surface area contributed by atoms with E-state index in [9.17, 15) is 13.6 Å². The van der Waals surface area contributed by atoms with Crippen molar-refractivity contribution < 1.29 is 18.3 Å². The van der Waals surface area contributed by atoms with Crippen molar-refractivity contribution in [1.29, 1.82) is 0 Å². The van der Waals surface area contributed by atoms with Crippen LogP contribution in [-0.2, 0) is 19.5 Å². The molecule has 0 radical (unpaired) electrons. The summed E-state index contributed by atoms with van der Waals surface area (Å²) in [6.45, 7) is 2.24. The summed E-state index contributed by atoms with van der Waals surface area (Å²) in [6, 6.07) is 8.78. The normalized spacial score (nSPS) is 22.9. The number of aromatic nitrogens is 4. The highest BCUT2D eigenvalue weighted by Gasteiger charge is 2.47. The maximum Gasteiger partial charge on any atom is 0.287 e. The second-order valence-corrected chi connectivity index (χ2v) is 11.6. The van der Waals surface area contributed by atoms with Crippen molar-refractivity contribution in [3.8, 4) is 17.3 Å². The van der Waals surface area contributed by atoms with Gasteiger partial charge in [0.25, 0.3) is 11.8 Å². The maximum absolute atomic E-state index is 14.2. The third-order valence-corrected chi connectivity index (χ3v) is 8.88. The Kier molecular flexibility index (Phi) is 5.33. The van der Waals surface area contributed by atoms with E-state index in [4.69, 9.17) is 15.5 Å². The zero-order valence-corrected chi connectivity index (χ0v) is 22.3. The molecule has 2 saturated carbocycles. The Hall–Kier alpha value is -3.53. The Morgan fingerprint density at radius 2 is 1.95 bits per heavy atom. The number of likely N-dealkylation sites (tertiary alicyclic amines) is 1. The van der Waals surface area contributed by atoms with Gasteiger partial charge in [-0.1, -0.05) is 0 Å². The Morgan fingerprint density at radius 3 is 2.59 bits per heavy atom. The lowest BCUT2D eigenvalue weighted by Gasteiger charge is -2.27. The van der Waals surface area contributed by atoms with Crippen molar-refractivity contribution in [2.45, 2.75) is 57.2 Å². The van der Waals surface area contributed by atoms with Crippen molar-refractivity contribution in [3.63, 3.8) is 0 Å². The quantitative estimate of drug-likeness (QED) is 0.388. The highest BCUT2D eigenvalue weighted by molar-refractivity contribution is 6.00. The average molecular weight is 535 g/mol. The molecular formula is C29H32F2N6O2. The van der Waals surface area contributed by atoms with Crippen LogP contribution < -0.4 is 10.5 Å². The number of imidazole rings is 1. The number of piperidine rings is 1. The standard InChI is InChI=1S/C29H32F2N6O2/c1-29(30,31)23-9-7-16-11-21(36(26(16)34-23)13-15-4-5-15)27-33-19-10-18(12-22(39-3)25(19)35(27)2)28(38)37-14-17-6-8-20(37)24(17)32/h7,9-12,15,17,20,24H,4-6,8,13-14,32H2,1-3H3/t17-,20-,24-/m1/s1. The number of alkyl halides is 2. The zero-order chi connectivity index (χ0) is 27.2. The lowest BCUT2D eigenvalue weighted by atomic mass is 10.1. The van der Waals surface area contributed by atoms with Crippen LogP contribution in [-0.4, -0.2) is 55.6 Å². The van der Waals surface area contributed by atoms with Gasteiger partial charge in [-0.05, 0) is 67.9 Å². The van der Waals surface area contributed by atoms with Gasteiger partial charge in [0.15, 0.2) is 5.82 Å². The Bertz CT molecular complexity index is 1630. The monoisotopic (exact) mass is 534 g/mol. The van der Waals surface area contributed by atoms with Crippen LogP contribution in [0.5, 0.6) is 5.75 Å². The summed E-state index contributed by atoms with van der Waals surface area (Å²) in [5, 5.41) is 0.786. The van der Waals surface area contributed by atoms with Gasteiger partial charge in [0.05, 0.1) is 18.3 Å². The fourth-order valence-electron chi connectivity index (χ4n) is 6.57. The Balaban J connectivity index is 1.35. The fourth-order valence-corrected chi connectivity index (χ4v) is 6.57. The second-order valence-electron chi connectivity index (χ2n) is 11.6. The van der Waals surface area contributed by atoms with Crippen molar-refractivity contribution in [2.75, 3.05) is 13.7 Å². The minimum atomic E-state index is -3.03. The number of amides is 1. The number of ether oxygens (including phenoxy) is 1. The first-order valence-corrected chi connectivity index (χ1v) is 13.6. The lowest BCUT2D eigenvalue weighted by molar-refractivity contribution is 0.0130. The first kappa shape index (κ1) is 24.5. The highest BCUT2D eigenvalue weighted by atomic mass is 19.3. The lowest BCUT2D eigenvalue weighted by Crippen LogP contribution is -2.41. The molecule has 0 spiro atoms. The van der Waals surface area contributed by atoms with Gasteiger partial charge in [-0.25, -0.2) is 9.97 Å². The summed E-state index contributed by atoms with van der Waals surface area (Å²) < 4.78 is 38.0. The summed E-state index contributed by atoms with van der Waals surface area (Å²) in [5.41, 5.74) is 9.38. The number of methoxy groups -OCH3 is 1. The van der Waals surface area contributed by atoms with Crippen LogP contribution in [0.4, 0.5) is 8.78 Å². The van der Waals surface area contributed by atoms with E-state index in [1.54, 1.807) is 19.2 Å². The minimum Gasteiger partial charge on any atom is -0.494 e. The van der Waals surface area contributed by atoms with E-state index in [0.29, 0.717) is 53.2 Å². The van der Waals surface area contributed by atoms with Crippen LogP contribution in [0.15, 0.2) is 30.3 Å². The molecule has 3 aromatic heterocycles. The van der Waals surface area contributed by atoms with Gasteiger partial charge in [0, 0.05) is 50.1 Å². The molecule has 3 aliphatic rings. The number of carbonyl (C=O) groups excluding carboxylic acids is 1. The highest BCUT2D eigenvalue weighted by Crippen LogP contribution is 2.40. The van der Waals surface area contributed by atoms with E-state index < -0.39 is 5.92 Å². The molecule has 4 heterocycles. The smallest absolute Gasteiger partial charge is 0.287 e. The van der Waals surface area contributed by atoms with Gasteiger partial charge in [0.2, 0.25) is 0 Å². The predicted molar refractivity (Wildman–Crippen MR) is 144 cm³/mol. The molecule has 204 valence electrons. The van der Waals surface area contributed by atoms with Crippen LogP contribution in [0.25, 0.3) is 33.6 Å². The van der Waals surface area contributed by atoms with Gasteiger partial charge in [-0.15, -0.1) is 0 Å². The first-order valence-electron chi connectivity index (χ1n) is 13.6. The summed E-state index contributed by atoms with van der Waals surface area (Å²) >= 11 is 0. The molecule has 4 aromatic rings. The van der Waals surface area contributed by atoms with Gasteiger partial charge >= 0.3 is 0 Å². The molecule has 1 amide bonds. The molecule has 8 nitrogen and oxygen atoms in total. The third kappa shape index (κ3) is 3.83. The van der Waals surface area contributed by atoms with E-state index in [1.807, 2.05) is 33.2 Å². The van der Waals surface area contributed by atoms with E-state index >= 15 is 0 Å². The number of hydrogen-bond donors (Lipinski definition) is 1. The van der Waals surface area contributed by atoms with Crippen LogP contribution in [0, 0.1) is 11.8 Å². The molecule has 10 heteroatoms. The predicted octanol–water partition coefficient (Wildman–Crippen LogP) is 4.68. The summed E-state index contributed by atoms with van der Waals surface area (Å²) in [5.74, 6) is -1.01. The average Bonchev–Trinajstić information content (AvgIpc) is 3.31. The van der Waals surface area contributed by atoms with Crippen molar-refractivity contribution in [3.05, 3.63) is 41.6 Å². The molecule has 1 aromatic carbocycles. The van der Waals surface area contributed by atoms with Crippen LogP contribution in [0.1, 0.15) is 48.7 Å². The summed E-state index contributed by atoms with van der Waals surface area (Å²) in [4.78, 5) is 24.8. The number of fused-ring (bicyclic) bond motifs is 4. The zero-order valence-electron chi connectivity index (χ0n) is 22.3. The number of nitrogens with zero attached hydrogens (tertiary/aromatic N) is 5. The molecule has 2 N–H and O–H groups in total. The number of benzene rings is 1. The number of aryl methyl sites for hydroxylation is 1. The second kappa shape index (κ2) is 8.48. The van der Waals surface area contributed by atoms with Gasteiger partial charge in [-0.3, -0.25) is 4.79 Å². The van der Waals surface area contributed by atoms with Gasteiger partial charge < -0.3 is 24.5 Å². The Morgan fingerprint density at radius 1 is 1.15 bits per heavy atom. The maximum atomic E-state index is 14.2. The van der Waals surface area contributed by atoms with E-state index in [1.165, 1.54) is 6.07 Å². The number of nitrogens with two attached hydrogens (primary N) is 1. The molecule has 7 rings (SSSR count). The molecule has 3 fully saturated rings. The molecule has 2 bridgehead atoms. The summed E-state index contributed by atoms with van der Waals surface area (Å²) in [6.07, 6.45) is 4.22. The van der Waals surface area contributed by atoms with Crippen molar-refractivity contribution in [2.24, 2.45) is 24.6 Å². The molecular weight excluding hydrogens is 502 g/mol. The molecule has 2 aliphatic carbocycles. The molecule has 39 heavy (non-hydrogen) atoms. The van der Waals surface area contributed by atoms with Crippen LogP contribution in [0.3, 0.4) is 0 Å². The fraction of sp³-hybridized carbons (Fsp3) is 0.483. The van der Waals surface area contributed by atoms with Crippen LogP contribution in [0.2, 0.25) is 0 Å². The van der Waals surface area contributed by atoms with E-state index in [-0.39, 0.29) is 23.7 Å². The molecule has 0 unspecified atom stereocenters. The number of pyridine rings is 1. The molecule has 1 aliphatic heterocycles. The largest absolute Gasteiger partial charge is 0.494 e. The van der Waals surface area contributed by atoms with E-state index in [2.05, 4.69) is 4.98 Å². The number of rotatable bonds is 6. The molecule has 1 saturated heterocycles. The number of carbonyl (C=O) groups is 1. The molecule has 3 atom stereocenters.